The van der Waals surface area contributed by atoms with Gasteiger partial charge < -0.3 is 16.8 Å². The number of primary amides is 1. The van der Waals surface area contributed by atoms with Gasteiger partial charge in [0.05, 0.1) is 16.8 Å². The first kappa shape index (κ1) is 15.0. The van der Waals surface area contributed by atoms with Gasteiger partial charge in [0, 0.05) is 6.07 Å². The molecule has 5 N–H and O–H groups in total. The minimum absolute atomic E-state index is 0.324. The number of anilines is 1. The number of carbonyl (C=O) groups is 2. The van der Waals surface area contributed by atoms with Crippen LogP contribution in [0.4, 0.5) is 14.5 Å². The Morgan fingerprint density at radius 3 is 2.37 bits per heavy atom. The molecule has 0 saturated carbocycles. The van der Waals surface area contributed by atoms with E-state index in [1.54, 1.807) is 6.92 Å². The number of rotatable bonds is 4. The standard InChI is InChI=1S/C12H15F2N3O2/c1-3-12(2,16)11(19)17-9-4-6(10(15)18)7(13)5-8(9)14/h4-5H,3,16H2,1-2H3,(H2,15,18)(H,17,19). The van der Waals surface area contributed by atoms with Crippen molar-refractivity contribution in [2.24, 2.45) is 11.5 Å². The third-order valence-corrected chi connectivity index (χ3v) is 2.82. The van der Waals surface area contributed by atoms with Crippen LogP contribution in [0, 0.1) is 11.6 Å². The van der Waals surface area contributed by atoms with E-state index in [1.165, 1.54) is 6.92 Å². The molecule has 2 amide bonds. The molecule has 0 aliphatic heterocycles. The van der Waals surface area contributed by atoms with Crippen LogP contribution in [0.15, 0.2) is 12.1 Å². The van der Waals surface area contributed by atoms with Gasteiger partial charge in [-0.3, -0.25) is 9.59 Å². The number of nitrogens with two attached hydrogens (primary N) is 2. The highest BCUT2D eigenvalue weighted by atomic mass is 19.1. The summed E-state index contributed by atoms with van der Waals surface area (Å²) in [4.78, 5) is 22.7. The fourth-order valence-electron chi connectivity index (χ4n) is 1.26. The molecule has 0 radical (unpaired) electrons. The Morgan fingerprint density at radius 1 is 1.32 bits per heavy atom. The van der Waals surface area contributed by atoms with Crippen LogP contribution < -0.4 is 16.8 Å². The predicted molar refractivity (Wildman–Crippen MR) is 66.4 cm³/mol. The zero-order chi connectivity index (χ0) is 14.8. The van der Waals surface area contributed by atoms with E-state index in [0.717, 1.165) is 6.07 Å². The van der Waals surface area contributed by atoms with Gasteiger partial charge in [-0.2, -0.15) is 0 Å². The van der Waals surface area contributed by atoms with E-state index in [1.807, 2.05) is 0 Å². The van der Waals surface area contributed by atoms with Crippen LogP contribution in [-0.2, 0) is 4.79 Å². The van der Waals surface area contributed by atoms with Crippen molar-refractivity contribution in [2.75, 3.05) is 5.32 Å². The van der Waals surface area contributed by atoms with Crippen molar-refractivity contribution in [3.05, 3.63) is 29.3 Å². The number of hydrogen-bond donors (Lipinski definition) is 3. The molecule has 0 aromatic heterocycles. The minimum Gasteiger partial charge on any atom is -0.366 e. The second kappa shape index (κ2) is 5.31. The van der Waals surface area contributed by atoms with Gasteiger partial charge in [-0.15, -0.1) is 0 Å². The first-order valence-electron chi connectivity index (χ1n) is 5.58. The first-order valence-corrected chi connectivity index (χ1v) is 5.58. The lowest BCUT2D eigenvalue weighted by Crippen LogP contribution is -2.47. The summed E-state index contributed by atoms with van der Waals surface area (Å²) < 4.78 is 26.7. The smallest absolute Gasteiger partial charge is 0.251 e. The van der Waals surface area contributed by atoms with Crippen molar-refractivity contribution in [1.29, 1.82) is 0 Å². The van der Waals surface area contributed by atoms with E-state index in [9.17, 15) is 18.4 Å². The van der Waals surface area contributed by atoms with Gasteiger partial charge in [0.25, 0.3) is 5.91 Å². The Hall–Kier alpha value is -2.02. The lowest BCUT2D eigenvalue weighted by atomic mass is 9.99. The van der Waals surface area contributed by atoms with Crippen LogP contribution in [-0.4, -0.2) is 17.4 Å². The summed E-state index contributed by atoms with van der Waals surface area (Å²) in [5.41, 5.74) is 8.57. The van der Waals surface area contributed by atoms with E-state index in [0.29, 0.717) is 12.5 Å². The minimum atomic E-state index is -1.20. The highest BCUT2D eigenvalue weighted by Crippen LogP contribution is 2.20. The zero-order valence-corrected chi connectivity index (χ0v) is 10.6. The van der Waals surface area contributed by atoms with Gasteiger partial charge in [0.1, 0.15) is 11.6 Å². The summed E-state index contributed by atoms with van der Waals surface area (Å²) in [5, 5.41) is 2.21. The lowest BCUT2D eigenvalue weighted by molar-refractivity contribution is -0.120. The quantitative estimate of drug-likeness (QED) is 0.765. The second-order valence-electron chi connectivity index (χ2n) is 4.40. The molecule has 19 heavy (non-hydrogen) atoms. The average Bonchev–Trinajstić information content (AvgIpc) is 2.31. The van der Waals surface area contributed by atoms with Crippen LogP contribution >= 0.6 is 0 Å². The molecular formula is C12H15F2N3O2. The van der Waals surface area contributed by atoms with Crippen molar-refractivity contribution in [3.63, 3.8) is 0 Å². The number of hydrogen-bond acceptors (Lipinski definition) is 3. The van der Waals surface area contributed by atoms with Gasteiger partial charge in [0.15, 0.2) is 0 Å². The van der Waals surface area contributed by atoms with E-state index >= 15 is 0 Å². The fraction of sp³-hybridized carbons (Fsp3) is 0.333. The van der Waals surface area contributed by atoms with Gasteiger partial charge >= 0.3 is 0 Å². The third kappa shape index (κ3) is 3.25. The molecule has 0 spiro atoms. The molecule has 0 aliphatic carbocycles. The molecule has 7 heteroatoms. The highest BCUT2D eigenvalue weighted by Gasteiger charge is 2.27. The number of nitrogens with one attached hydrogen (secondary N) is 1. The zero-order valence-electron chi connectivity index (χ0n) is 10.6. The average molecular weight is 271 g/mol. The second-order valence-corrected chi connectivity index (χ2v) is 4.40. The lowest BCUT2D eigenvalue weighted by Gasteiger charge is -2.21. The largest absolute Gasteiger partial charge is 0.366 e. The number of halogens is 2. The van der Waals surface area contributed by atoms with Crippen LogP contribution in [0.25, 0.3) is 0 Å². The van der Waals surface area contributed by atoms with Gasteiger partial charge in [0.2, 0.25) is 5.91 Å². The Kier molecular flexibility index (Phi) is 4.21. The Morgan fingerprint density at radius 2 is 1.89 bits per heavy atom. The topological polar surface area (TPSA) is 98.2 Å². The predicted octanol–water partition coefficient (Wildman–Crippen LogP) is 1.13. The number of carbonyl (C=O) groups excluding carboxylic acids is 2. The van der Waals surface area contributed by atoms with Gasteiger partial charge in [-0.1, -0.05) is 6.92 Å². The molecule has 1 rings (SSSR count). The van der Waals surface area contributed by atoms with E-state index in [4.69, 9.17) is 11.5 Å². The maximum absolute atomic E-state index is 13.5. The van der Waals surface area contributed by atoms with Crippen LogP contribution in [0.3, 0.4) is 0 Å². The maximum atomic E-state index is 13.5. The van der Waals surface area contributed by atoms with Crippen molar-refractivity contribution in [1.82, 2.24) is 0 Å². The van der Waals surface area contributed by atoms with Crippen LogP contribution in [0.1, 0.15) is 30.6 Å². The molecule has 0 saturated heterocycles. The van der Waals surface area contributed by atoms with E-state index in [-0.39, 0.29) is 5.69 Å². The highest BCUT2D eigenvalue weighted by molar-refractivity contribution is 5.99. The molecular weight excluding hydrogens is 256 g/mol. The fourth-order valence-corrected chi connectivity index (χ4v) is 1.26. The Labute approximate surface area is 109 Å². The van der Waals surface area contributed by atoms with Crippen molar-refractivity contribution in [2.45, 2.75) is 25.8 Å². The molecule has 1 aromatic carbocycles. The number of amides is 2. The van der Waals surface area contributed by atoms with Crippen LogP contribution in [0.2, 0.25) is 0 Å². The summed E-state index contributed by atoms with van der Waals surface area (Å²) >= 11 is 0. The van der Waals surface area contributed by atoms with Crippen LogP contribution in [0.5, 0.6) is 0 Å². The normalized spacial score (nSPS) is 13.7. The van der Waals surface area contributed by atoms with Gasteiger partial charge in [-0.25, -0.2) is 8.78 Å². The molecule has 0 bridgehead atoms. The van der Waals surface area contributed by atoms with Crippen molar-refractivity contribution in [3.8, 4) is 0 Å². The molecule has 0 heterocycles. The van der Waals surface area contributed by atoms with Crippen molar-refractivity contribution >= 4 is 17.5 Å². The third-order valence-electron chi connectivity index (χ3n) is 2.82. The summed E-state index contributed by atoms with van der Waals surface area (Å²) in [5.74, 6) is -3.80. The summed E-state index contributed by atoms with van der Waals surface area (Å²) in [7, 11) is 0. The molecule has 5 nitrogen and oxygen atoms in total. The summed E-state index contributed by atoms with van der Waals surface area (Å²) in [6, 6.07) is 1.33. The van der Waals surface area contributed by atoms with Crippen molar-refractivity contribution < 1.29 is 18.4 Å². The first-order chi connectivity index (χ1) is 8.69. The molecule has 0 aliphatic rings. The summed E-state index contributed by atoms with van der Waals surface area (Å²) in [6.45, 7) is 3.16. The van der Waals surface area contributed by atoms with E-state index < -0.39 is 34.6 Å². The molecule has 1 aromatic rings. The SMILES string of the molecule is CCC(C)(N)C(=O)Nc1cc(C(N)=O)c(F)cc1F. The Balaban J connectivity index is 3.12. The summed E-state index contributed by atoms with van der Waals surface area (Å²) in [6.07, 6.45) is 0.324. The molecule has 1 unspecified atom stereocenters. The molecule has 104 valence electrons. The Bertz CT molecular complexity index is 530. The van der Waals surface area contributed by atoms with Gasteiger partial charge in [-0.05, 0) is 19.4 Å². The van der Waals surface area contributed by atoms with E-state index in [2.05, 4.69) is 5.32 Å². The maximum Gasteiger partial charge on any atom is 0.251 e. The molecule has 0 fully saturated rings. The monoisotopic (exact) mass is 271 g/mol. The number of benzene rings is 1. The molecule has 1 atom stereocenters.